The number of ketones is 1. The largest absolute Gasteiger partial charge is 0.507 e. The van der Waals surface area contributed by atoms with Crippen LogP contribution in [0, 0.1) is 0 Å². The number of hydrogen-bond acceptors (Lipinski definition) is 6. The molecule has 158 valence electrons. The maximum atomic E-state index is 13.0. The summed E-state index contributed by atoms with van der Waals surface area (Å²) in [4.78, 5) is 27.3. The number of ether oxygens (including phenoxy) is 3. The van der Waals surface area contributed by atoms with Crippen molar-refractivity contribution in [3.63, 3.8) is 0 Å². The van der Waals surface area contributed by atoms with E-state index in [1.807, 2.05) is 6.07 Å². The quantitative estimate of drug-likeness (QED) is 0.311. The number of methoxy groups -OCH3 is 3. The van der Waals surface area contributed by atoms with Gasteiger partial charge in [-0.1, -0.05) is 42.5 Å². The summed E-state index contributed by atoms with van der Waals surface area (Å²) >= 11 is 0. The van der Waals surface area contributed by atoms with Crippen LogP contribution in [0.4, 0.5) is 0 Å². The molecule has 0 spiro atoms. The monoisotopic (exact) mass is 411 g/mol. The van der Waals surface area contributed by atoms with E-state index in [1.165, 1.54) is 19.1 Å². The van der Waals surface area contributed by atoms with Crippen LogP contribution in [0.2, 0.25) is 0 Å². The van der Waals surface area contributed by atoms with Crippen molar-refractivity contribution in [1.82, 2.24) is 4.90 Å². The van der Waals surface area contributed by atoms with Crippen LogP contribution in [-0.4, -0.2) is 56.2 Å². The Kier molecular flexibility index (Phi) is 6.74. The molecule has 30 heavy (non-hydrogen) atoms. The van der Waals surface area contributed by atoms with Crippen molar-refractivity contribution in [2.24, 2.45) is 0 Å². The van der Waals surface area contributed by atoms with Crippen molar-refractivity contribution in [2.75, 3.05) is 34.5 Å². The van der Waals surface area contributed by atoms with Crippen molar-refractivity contribution in [3.8, 4) is 11.5 Å². The number of aliphatic hydroxyl groups is 1. The molecule has 0 saturated carbocycles. The second-order valence-corrected chi connectivity index (χ2v) is 6.79. The molecule has 2 aromatic rings. The van der Waals surface area contributed by atoms with Crippen LogP contribution >= 0.6 is 0 Å². The van der Waals surface area contributed by atoms with Gasteiger partial charge in [0.05, 0.1) is 25.8 Å². The minimum absolute atomic E-state index is 0.0233. The Hall–Kier alpha value is -3.32. The molecule has 0 radical (unpaired) electrons. The summed E-state index contributed by atoms with van der Waals surface area (Å²) in [6.45, 7) is 0.721. The van der Waals surface area contributed by atoms with E-state index in [-0.39, 0.29) is 17.9 Å². The molecule has 0 aliphatic carbocycles. The van der Waals surface area contributed by atoms with Gasteiger partial charge in [-0.05, 0) is 12.5 Å². The molecule has 1 aliphatic heterocycles. The number of hydrogen-bond donors (Lipinski definition) is 1. The van der Waals surface area contributed by atoms with Gasteiger partial charge >= 0.3 is 0 Å². The van der Waals surface area contributed by atoms with Crippen LogP contribution in [0.15, 0.2) is 54.1 Å². The van der Waals surface area contributed by atoms with E-state index in [0.717, 1.165) is 0 Å². The molecular formula is C23H25NO6. The Bertz CT molecular complexity index is 953. The van der Waals surface area contributed by atoms with Gasteiger partial charge in [0.25, 0.3) is 11.7 Å². The summed E-state index contributed by atoms with van der Waals surface area (Å²) in [5, 5.41) is 11.0. The van der Waals surface area contributed by atoms with Crippen LogP contribution in [0.3, 0.4) is 0 Å². The van der Waals surface area contributed by atoms with Crippen LogP contribution in [0.1, 0.15) is 23.6 Å². The van der Waals surface area contributed by atoms with Crippen LogP contribution < -0.4 is 9.47 Å². The first-order valence-corrected chi connectivity index (χ1v) is 9.58. The normalized spacial score (nSPS) is 18.0. The van der Waals surface area contributed by atoms with E-state index < -0.39 is 17.7 Å². The lowest BCUT2D eigenvalue weighted by molar-refractivity contribution is -0.140. The number of nitrogens with zero attached hydrogens (tertiary/aromatic N) is 1. The fraction of sp³-hybridized carbons (Fsp3) is 0.304. The highest BCUT2D eigenvalue weighted by Crippen LogP contribution is 2.45. The van der Waals surface area contributed by atoms with Gasteiger partial charge in [-0.25, -0.2) is 0 Å². The highest BCUT2D eigenvalue weighted by atomic mass is 16.5. The van der Waals surface area contributed by atoms with Gasteiger partial charge in [0.1, 0.15) is 5.76 Å². The second-order valence-electron chi connectivity index (χ2n) is 6.79. The first kappa shape index (κ1) is 21.4. The molecule has 7 heteroatoms. The third-order valence-electron chi connectivity index (χ3n) is 5.06. The second kappa shape index (κ2) is 9.45. The first-order chi connectivity index (χ1) is 14.5. The maximum absolute atomic E-state index is 13.0. The standard InChI is InChI=1S/C23H25NO6/c1-28-14-8-13-24-19(16-11-7-12-17(29-2)22(16)30-3)18(21(26)23(24)27)20(25)15-9-5-4-6-10-15/h4-7,9-12,19,25H,8,13-14H2,1-3H3/b20-18+. The van der Waals surface area contributed by atoms with Crippen LogP contribution in [0.25, 0.3) is 5.76 Å². The van der Waals surface area contributed by atoms with Gasteiger partial charge in [0.2, 0.25) is 0 Å². The molecule has 1 amide bonds. The molecule has 3 rings (SSSR count). The van der Waals surface area contributed by atoms with Gasteiger partial charge < -0.3 is 24.2 Å². The Balaban J connectivity index is 2.21. The predicted octanol–water partition coefficient (Wildman–Crippen LogP) is 3.16. The van der Waals surface area contributed by atoms with E-state index in [9.17, 15) is 14.7 Å². The SMILES string of the molecule is COCCCN1C(=O)C(=O)/C(=C(/O)c2ccccc2)C1c1cccc(OC)c1OC. The molecule has 1 N–H and O–H groups in total. The summed E-state index contributed by atoms with van der Waals surface area (Å²) in [6, 6.07) is 13.1. The van der Waals surface area contributed by atoms with E-state index >= 15 is 0 Å². The Labute approximate surface area is 175 Å². The number of carbonyl (C=O) groups is 2. The van der Waals surface area contributed by atoms with Crippen molar-refractivity contribution >= 4 is 17.4 Å². The molecular weight excluding hydrogens is 386 g/mol. The first-order valence-electron chi connectivity index (χ1n) is 9.58. The maximum Gasteiger partial charge on any atom is 0.295 e. The van der Waals surface area contributed by atoms with Crippen molar-refractivity contribution < 1.29 is 28.9 Å². The summed E-state index contributed by atoms with van der Waals surface area (Å²) in [7, 11) is 4.59. The number of benzene rings is 2. The Morgan fingerprint density at radius 3 is 2.37 bits per heavy atom. The smallest absolute Gasteiger partial charge is 0.295 e. The fourth-order valence-corrected chi connectivity index (χ4v) is 3.69. The zero-order valence-corrected chi connectivity index (χ0v) is 17.3. The molecule has 1 heterocycles. The average Bonchev–Trinajstić information content (AvgIpc) is 3.03. The fourth-order valence-electron chi connectivity index (χ4n) is 3.69. The number of amides is 1. The van der Waals surface area contributed by atoms with E-state index in [0.29, 0.717) is 35.7 Å². The predicted molar refractivity (Wildman–Crippen MR) is 111 cm³/mol. The van der Waals surface area contributed by atoms with Gasteiger partial charge in [-0.15, -0.1) is 0 Å². The molecule has 1 unspecified atom stereocenters. The zero-order chi connectivity index (χ0) is 21.7. The molecule has 1 saturated heterocycles. The van der Waals surface area contributed by atoms with E-state index in [4.69, 9.17) is 14.2 Å². The van der Waals surface area contributed by atoms with Crippen molar-refractivity contribution in [3.05, 3.63) is 65.2 Å². The highest BCUT2D eigenvalue weighted by Gasteiger charge is 2.47. The number of para-hydroxylation sites is 1. The number of Topliss-reactive ketones (excluding diaryl/α,β-unsaturated/α-hetero) is 1. The Morgan fingerprint density at radius 1 is 1.00 bits per heavy atom. The Morgan fingerprint density at radius 2 is 1.73 bits per heavy atom. The van der Waals surface area contributed by atoms with E-state index in [1.54, 1.807) is 49.6 Å². The average molecular weight is 411 g/mol. The highest BCUT2D eigenvalue weighted by molar-refractivity contribution is 6.46. The zero-order valence-electron chi connectivity index (χ0n) is 17.3. The lowest BCUT2D eigenvalue weighted by Gasteiger charge is -2.27. The van der Waals surface area contributed by atoms with Crippen molar-refractivity contribution in [1.29, 1.82) is 0 Å². The summed E-state index contributed by atoms with van der Waals surface area (Å²) in [5.74, 6) is -0.750. The molecule has 2 aromatic carbocycles. The lowest BCUT2D eigenvalue weighted by Crippen LogP contribution is -2.31. The van der Waals surface area contributed by atoms with Gasteiger partial charge in [-0.2, -0.15) is 0 Å². The summed E-state index contributed by atoms with van der Waals surface area (Å²) in [6.07, 6.45) is 0.539. The molecule has 1 atom stereocenters. The van der Waals surface area contributed by atoms with E-state index in [2.05, 4.69) is 0 Å². The van der Waals surface area contributed by atoms with Crippen LogP contribution in [-0.2, 0) is 14.3 Å². The van der Waals surface area contributed by atoms with Gasteiger partial charge in [0, 0.05) is 31.4 Å². The summed E-state index contributed by atoms with van der Waals surface area (Å²) in [5.41, 5.74) is 1.04. The summed E-state index contributed by atoms with van der Waals surface area (Å²) < 4.78 is 16.0. The molecule has 1 aliphatic rings. The van der Waals surface area contributed by atoms with Gasteiger partial charge in [-0.3, -0.25) is 9.59 Å². The molecule has 1 fully saturated rings. The minimum atomic E-state index is -0.813. The molecule has 0 aromatic heterocycles. The third-order valence-corrected chi connectivity index (χ3v) is 5.06. The minimum Gasteiger partial charge on any atom is -0.507 e. The van der Waals surface area contributed by atoms with Gasteiger partial charge in [0.15, 0.2) is 11.5 Å². The number of aliphatic hydroxyl groups excluding tert-OH is 1. The topological polar surface area (TPSA) is 85.3 Å². The number of rotatable bonds is 8. The number of likely N-dealkylation sites (tertiary alicyclic amines) is 1. The third kappa shape index (κ3) is 3.89. The number of carbonyl (C=O) groups excluding carboxylic acids is 2. The molecule has 7 nitrogen and oxygen atoms in total. The molecule has 0 bridgehead atoms. The van der Waals surface area contributed by atoms with Crippen molar-refractivity contribution in [2.45, 2.75) is 12.5 Å². The van der Waals surface area contributed by atoms with Crippen LogP contribution in [0.5, 0.6) is 11.5 Å². The lowest BCUT2D eigenvalue weighted by atomic mass is 9.94.